The first-order valence-corrected chi connectivity index (χ1v) is 9.12. The van der Waals surface area contributed by atoms with Gasteiger partial charge in [0.2, 0.25) is 0 Å². The fraction of sp³-hybridized carbons (Fsp3) is 0.647. The summed E-state index contributed by atoms with van der Waals surface area (Å²) in [5, 5.41) is 2.93. The van der Waals surface area contributed by atoms with E-state index in [0.717, 1.165) is 25.7 Å². The van der Waals surface area contributed by atoms with Crippen molar-refractivity contribution in [2.24, 2.45) is 0 Å². The Labute approximate surface area is 135 Å². The van der Waals surface area contributed by atoms with Gasteiger partial charge < -0.3 is 10.1 Å². The molecule has 1 N–H and O–H groups in total. The zero-order valence-corrected chi connectivity index (χ0v) is 13.7. The predicted molar refractivity (Wildman–Crippen MR) is 86.3 cm³/mol. The van der Waals surface area contributed by atoms with Crippen LogP contribution in [-0.4, -0.2) is 24.5 Å². The Kier molecular flexibility index (Phi) is 5.13. The van der Waals surface area contributed by atoms with E-state index in [9.17, 15) is 9.59 Å². The second-order valence-corrected chi connectivity index (χ2v) is 7.38. The molecule has 1 aromatic heterocycles. The van der Waals surface area contributed by atoms with Crippen molar-refractivity contribution in [3.63, 3.8) is 0 Å². The lowest BCUT2D eigenvalue weighted by atomic mass is 10.1. The fourth-order valence-corrected chi connectivity index (χ4v) is 4.46. The number of ether oxygens (including phenoxy) is 1. The van der Waals surface area contributed by atoms with E-state index in [1.54, 1.807) is 0 Å². The number of esters is 1. The second-order valence-electron chi connectivity index (χ2n) is 6.24. The number of carbonyl (C=O) groups is 2. The molecule has 1 amide bonds. The van der Waals surface area contributed by atoms with Crippen LogP contribution in [0, 0.1) is 0 Å². The summed E-state index contributed by atoms with van der Waals surface area (Å²) in [6.07, 6.45) is 10.2. The molecular weight excluding hydrogens is 298 g/mol. The molecule has 4 nitrogen and oxygen atoms in total. The van der Waals surface area contributed by atoms with E-state index in [2.05, 4.69) is 5.32 Å². The maximum absolute atomic E-state index is 12.1. The summed E-state index contributed by atoms with van der Waals surface area (Å²) in [4.78, 5) is 25.8. The number of thiophene rings is 1. The lowest BCUT2D eigenvalue weighted by Crippen LogP contribution is -2.35. The first kappa shape index (κ1) is 15.5. The van der Waals surface area contributed by atoms with E-state index in [0.29, 0.717) is 4.88 Å². The van der Waals surface area contributed by atoms with Crippen LogP contribution >= 0.6 is 11.3 Å². The van der Waals surface area contributed by atoms with E-state index in [-0.39, 0.29) is 24.5 Å². The summed E-state index contributed by atoms with van der Waals surface area (Å²) < 4.78 is 5.17. The fourth-order valence-electron chi connectivity index (χ4n) is 3.31. The minimum Gasteiger partial charge on any atom is -0.451 e. The largest absolute Gasteiger partial charge is 0.451 e. The summed E-state index contributed by atoms with van der Waals surface area (Å²) in [6.45, 7) is -0.169. The molecule has 22 heavy (non-hydrogen) atoms. The van der Waals surface area contributed by atoms with Crippen molar-refractivity contribution < 1.29 is 14.3 Å². The first-order valence-electron chi connectivity index (χ1n) is 8.30. The zero-order valence-electron chi connectivity index (χ0n) is 12.9. The average molecular weight is 321 g/mol. The standard InChI is InChI=1S/C17H23NO3S/c19-16(18-13-7-4-5-8-13)11-21-17(20)15-10-12-6-2-1-3-9-14(12)22-15/h10,13H,1-9,11H2,(H,18,19). The molecule has 0 aromatic carbocycles. The van der Waals surface area contributed by atoms with Crippen molar-refractivity contribution in [3.8, 4) is 0 Å². The molecule has 0 bridgehead atoms. The van der Waals surface area contributed by atoms with Crippen LogP contribution in [0.2, 0.25) is 0 Å². The van der Waals surface area contributed by atoms with Gasteiger partial charge in [-0.25, -0.2) is 4.79 Å². The number of nitrogens with one attached hydrogen (secondary N) is 1. The number of fused-ring (bicyclic) bond motifs is 1. The lowest BCUT2D eigenvalue weighted by molar-refractivity contribution is -0.124. The minimum atomic E-state index is -0.361. The Hall–Kier alpha value is -1.36. The molecule has 2 aliphatic rings. The predicted octanol–water partition coefficient (Wildman–Crippen LogP) is 3.23. The molecule has 0 spiro atoms. The highest BCUT2D eigenvalue weighted by Gasteiger charge is 2.20. The van der Waals surface area contributed by atoms with Gasteiger partial charge in [-0.1, -0.05) is 19.3 Å². The van der Waals surface area contributed by atoms with Gasteiger partial charge in [-0.05, 0) is 50.2 Å². The average Bonchev–Trinajstić information content (AvgIpc) is 3.10. The highest BCUT2D eigenvalue weighted by atomic mass is 32.1. The van der Waals surface area contributed by atoms with E-state index in [1.165, 1.54) is 53.9 Å². The molecule has 1 saturated carbocycles. The van der Waals surface area contributed by atoms with Crippen LogP contribution in [0.1, 0.15) is 65.1 Å². The molecule has 0 unspecified atom stereocenters. The van der Waals surface area contributed by atoms with Crippen LogP contribution in [0.5, 0.6) is 0 Å². The van der Waals surface area contributed by atoms with Crippen molar-refractivity contribution in [1.29, 1.82) is 0 Å². The number of hydrogen-bond donors (Lipinski definition) is 1. The molecular formula is C17H23NO3S. The minimum absolute atomic E-state index is 0.169. The monoisotopic (exact) mass is 321 g/mol. The maximum atomic E-state index is 12.1. The van der Waals surface area contributed by atoms with Crippen LogP contribution in [0.4, 0.5) is 0 Å². The Morgan fingerprint density at radius 1 is 1.14 bits per heavy atom. The quantitative estimate of drug-likeness (QED) is 0.684. The van der Waals surface area contributed by atoms with Gasteiger partial charge in [0.1, 0.15) is 4.88 Å². The molecule has 2 aliphatic carbocycles. The Bertz CT molecular complexity index is 523. The number of carbonyl (C=O) groups excluding carboxylic acids is 2. The van der Waals surface area contributed by atoms with E-state index < -0.39 is 0 Å². The normalized spacial score (nSPS) is 18.5. The van der Waals surface area contributed by atoms with Crippen LogP contribution in [0.15, 0.2) is 6.07 Å². The zero-order chi connectivity index (χ0) is 15.4. The molecule has 1 aromatic rings. The molecule has 0 saturated heterocycles. The third kappa shape index (κ3) is 3.88. The molecule has 5 heteroatoms. The SMILES string of the molecule is O=C(COC(=O)c1cc2c(s1)CCCCC2)NC1CCCC1. The third-order valence-corrected chi connectivity index (χ3v) is 5.72. The van der Waals surface area contributed by atoms with Crippen molar-refractivity contribution in [2.75, 3.05) is 6.61 Å². The maximum Gasteiger partial charge on any atom is 0.348 e. The van der Waals surface area contributed by atoms with Crippen molar-refractivity contribution >= 4 is 23.2 Å². The summed E-state index contributed by atoms with van der Waals surface area (Å²) in [5.74, 6) is -0.544. The number of aryl methyl sites for hydroxylation is 2. The molecule has 1 fully saturated rings. The topological polar surface area (TPSA) is 55.4 Å². The van der Waals surface area contributed by atoms with E-state index >= 15 is 0 Å². The third-order valence-electron chi connectivity index (χ3n) is 4.50. The van der Waals surface area contributed by atoms with Gasteiger partial charge in [0.05, 0.1) is 0 Å². The molecule has 0 aliphatic heterocycles. The van der Waals surface area contributed by atoms with E-state index in [1.807, 2.05) is 6.07 Å². The summed E-state index contributed by atoms with van der Waals surface area (Å²) in [7, 11) is 0. The summed E-state index contributed by atoms with van der Waals surface area (Å²) in [5.41, 5.74) is 1.30. The van der Waals surface area contributed by atoms with Gasteiger partial charge in [0, 0.05) is 10.9 Å². The smallest absolute Gasteiger partial charge is 0.348 e. The Morgan fingerprint density at radius 3 is 2.73 bits per heavy atom. The van der Waals surface area contributed by atoms with Gasteiger partial charge in [0.15, 0.2) is 6.61 Å². The Morgan fingerprint density at radius 2 is 1.91 bits per heavy atom. The first-order chi connectivity index (χ1) is 10.7. The van der Waals surface area contributed by atoms with Gasteiger partial charge in [-0.2, -0.15) is 0 Å². The number of rotatable bonds is 4. The molecule has 0 radical (unpaired) electrons. The second kappa shape index (κ2) is 7.27. The van der Waals surface area contributed by atoms with E-state index in [4.69, 9.17) is 4.74 Å². The highest BCUT2D eigenvalue weighted by Crippen LogP contribution is 2.29. The van der Waals surface area contributed by atoms with Crippen LogP contribution in [0.3, 0.4) is 0 Å². The number of amides is 1. The lowest BCUT2D eigenvalue weighted by Gasteiger charge is -2.11. The molecule has 120 valence electrons. The highest BCUT2D eigenvalue weighted by molar-refractivity contribution is 7.14. The van der Waals surface area contributed by atoms with Crippen LogP contribution in [0.25, 0.3) is 0 Å². The van der Waals surface area contributed by atoms with Gasteiger partial charge >= 0.3 is 5.97 Å². The van der Waals surface area contributed by atoms with Crippen LogP contribution < -0.4 is 5.32 Å². The molecule has 3 rings (SSSR count). The molecule has 0 atom stereocenters. The van der Waals surface area contributed by atoms with Gasteiger partial charge in [-0.15, -0.1) is 11.3 Å². The van der Waals surface area contributed by atoms with Gasteiger partial charge in [0.25, 0.3) is 5.91 Å². The summed E-state index contributed by atoms with van der Waals surface area (Å²) in [6, 6.07) is 2.23. The number of hydrogen-bond acceptors (Lipinski definition) is 4. The van der Waals surface area contributed by atoms with Gasteiger partial charge in [-0.3, -0.25) is 4.79 Å². The van der Waals surface area contributed by atoms with Crippen molar-refractivity contribution in [2.45, 2.75) is 63.8 Å². The van der Waals surface area contributed by atoms with Crippen LogP contribution in [-0.2, 0) is 22.4 Å². The summed E-state index contributed by atoms with van der Waals surface area (Å²) >= 11 is 1.54. The molecule has 1 heterocycles. The Balaban J connectivity index is 1.50. The van der Waals surface area contributed by atoms with Crippen molar-refractivity contribution in [3.05, 3.63) is 21.4 Å². The van der Waals surface area contributed by atoms with Crippen molar-refractivity contribution in [1.82, 2.24) is 5.32 Å².